The topological polar surface area (TPSA) is 71.3 Å². The molecule has 1 fully saturated rings. The van der Waals surface area contributed by atoms with E-state index in [1.807, 2.05) is 0 Å². The highest BCUT2D eigenvalue weighted by Gasteiger charge is 2.34. The highest BCUT2D eigenvalue weighted by Crippen LogP contribution is 2.37. The summed E-state index contributed by atoms with van der Waals surface area (Å²) in [5, 5.41) is 2.93. The molecule has 1 atom stereocenters. The van der Waals surface area contributed by atoms with E-state index in [0.29, 0.717) is 12.3 Å². The van der Waals surface area contributed by atoms with Crippen molar-refractivity contribution in [3.8, 4) is 0 Å². The van der Waals surface area contributed by atoms with Gasteiger partial charge in [-0.2, -0.15) is 0 Å². The molecule has 19 heavy (non-hydrogen) atoms. The lowest BCUT2D eigenvalue weighted by atomic mass is 9.92. The van der Waals surface area contributed by atoms with Crippen LogP contribution in [0.25, 0.3) is 0 Å². The molecular formula is C13H22N2O3S. The number of nitrogens with one attached hydrogen (secondary N) is 2. The second-order valence-corrected chi connectivity index (χ2v) is 7.62. The molecule has 108 valence electrons. The molecule has 1 aromatic rings. The van der Waals surface area contributed by atoms with Crippen LogP contribution in [-0.2, 0) is 16.6 Å². The van der Waals surface area contributed by atoms with Gasteiger partial charge in [0, 0.05) is 6.04 Å². The lowest BCUT2D eigenvalue weighted by molar-refractivity contribution is 0.370. The monoisotopic (exact) mass is 286 g/mol. The summed E-state index contributed by atoms with van der Waals surface area (Å²) in [7, 11) is -1.75. The van der Waals surface area contributed by atoms with Gasteiger partial charge in [-0.25, -0.2) is 13.1 Å². The van der Waals surface area contributed by atoms with Crippen molar-refractivity contribution in [3.63, 3.8) is 0 Å². The van der Waals surface area contributed by atoms with Crippen LogP contribution in [0.15, 0.2) is 21.6 Å². The zero-order valence-corrected chi connectivity index (χ0v) is 12.5. The van der Waals surface area contributed by atoms with Gasteiger partial charge in [-0.15, -0.1) is 0 Å². The van der Waals surface area contributed by atoms with E-state index >= 15 is 0 Å². The number of furan rings is 1. The average molecular weight is 286 g/mol. The molecule has 1 aliphatic carbocycles. The molecule has 0 saturated heterocycles. The van der Waals surface area contributed by atoms with Crippen LogP contribution in [0.2, 0.25) is 0 Å². The number of rotatable bonds is 5. The second kappa shape index (κ2) is 5.26. The van der Waals surface area contributed by atoms with E-state index in [9.17, 15) is 8.42 Å². The Bertz CT molecular complexity index is 534. The highest BCUT2D eigenvalue weighted by atomic mass is 32.2. The summed E-state index contributed by atoms with van der Waals surface area (Å²) in [6.45, 7) is 4.85. The molecule has 0 amide bonds. The Balaban J connectivity index is 2.05. The Morgan fingerprint density at radius 2 is 2.16 bits per heavy atom. The predicted molar refractivity (Wildman–Crippen MR) is 73.2 cm³/mol. The number of hydrogen-bond donors (Lipinski definition) is 2. The molecule has 1 heterocycles. The molecule has 6 heteroatoms. The second-order valence-electron chi connectivity index (χ2n) is 5.98. The van der Waals surface area contributed by atoms with Crippen LogP contribution >= 0.6 is 0 Å². The predicted octanol–water partition coefficient (Wildman–Crippen LogP) is 1.86. The molecule has 1 aliphatic rings. The maximum atomic E-state index is 12.2. The SMILES string of the molecule is CNCc1ccc(S(=O)(=O)NC2CCC(C)(C)C2)o1. The van der Waals surface area contributed by atoms with Gasteiger partial charge in [-0.1, -0.05) is 13.8 Å². The molecule has 1 unspecified atom stereocenters. The fraction of sp³-hybridized carbons (Fsp3) is 0.692. The molecule has 1 saturated carbocycles. The summed E-state index contributed by atoms with van der Waals surface area (Å²) >= 11 is 0. The number of sulfonamides is 1. The van der Waals surface area contributed by atoms with Gasteiger partial charge in [0.1, 0.15) is 5.76 Å². The van der Waals surface area contributed by atoms with Crippen LogP contribution in [0.5, 0.6) is 0 Å². The first-order valence-corrected chi connectivity index (χ1v) is 8.06. The van der Waals surface area contributed by atoms with Crippen LogP contribution in [0.4, 0.5) is 0 Å². The summed E-state index contributed by atoms with van der Waals surface area (Å²) in [6.07, 6.45) is 2.80. The van der Waals surface area contributed by atoms with Crippen LogP contribution in [-0.4, -0.2) is 21.5 Å². The Morgan fingerprint density at radius 1 is 1.42 bits per heavy atom. The lowest BCUT2D eigenvalue weighted by Crippen LogP contribution is -2.33. The van der Waals surface area contributed by atoms with Gasteiger partial charge in [0.05, 0.1) is 6.54 Å². The average Bonchev–Trinajstić information content (AvgIpc) is 2.86. The molecule has 2 N–H and O–H groups in total. The van der Waals surface area contributed by atoms with Gasteiger partial charge >= 0.3 is 0 Å². The first-order chi connectivity index (χ1) is 8.82. The van der Waals surface area contributed by atoms with E-state index in [1.54, 1.807) is 13.1 Å². The Morgan fingerprint density at radius 3 is 2.74 bits per heavy atom. The smallest absolute Gasteiger partial charge is 0.274 e. The van der Waals surface area contributed by atoms with Crippen LogP contribution in [0.3, 0.4) is 0 Å². The summed E-state index contributed by atoms with van der Waals surface area (Å²) in [6, 6.07) is 3.21. The van der Waals surface area contributed by atoms with Gasteiger partial charge < -0.3 is 9.73 Å². The van der Waals surface area contributed by atoms with E-state index < -0.39 is 10.0 Å². The Labute approximate surface area is 114 Å². The third kappa shape index (κ3) is 3.58. The van der Waals surface area contributed by atoms with Gasteiger partial charge in [-0.3, -0.25) is 0 Å². The molecule has 0 aliphatic heterocycles. The van der Waals surface area contributed by atoms with Crippen molar-refractivity contribution in [2.75, 3.05) is 7.05 Å². The van der Waals surface area contributed by atoms with Crippen LogP contribution in [0, 0.1) is 5.41 Å². The third-order valence-corrected chi connectivity index (χ3v) is 4.94. The molecule has 5 nitrogen and oxygen atoms in total. The molecule has 0 radical (unpaired) electrons. The maximum absolute atomic E-state index is 12.2. The zero-order chi connectivity index (χ0) is 14.1. The minimum absolute atomic E-state index is 0.00227. The molecular weight excluding hydrogens is 264 g/mol. The van der Waals surface area contributed by atoms with Crippen LogP contribution < -0.4 is 10.0 Å². The summed E-state index contributed by atoms with van der Waals surface area (Å²) in [4.78, 5) is 0. The molecule has 1 aromatic heterocycles. The van der Waals surface area contributed by atoms with E-state index in [4.69, 9.17) is 4.42 Å². The fourth-order valence-electron chi connectivity index (χ4n) is 2.59. The minimum Gasteiger partial charge on any atom is -0.447 e. The van der Waals surface area contributed by atoms with Crippen molar-refractivity contribution < 1.29 is 12.8 Å². The highest BCUT2D eigenvalue weighted by molar-refractivity contribution is 7.89. The Kier molecular flexibility index (Phi) is 4.03. The first-order valence-electron chi connectivity index (χ1n) is 6.58. The van der Waals surface area contributed by atoms with E-state index in [0.717, 1.165) is 19.3 Å². The minimum atomic E-state index is -3.54. The first kappa shape index (κ1) is 14.6. The van der Waals surface area contributed by atoms with Crippen molar-refractivity contribution in [2.45, 2.75) is 50.8 Å². The van der Waals surface area contributed by atoms with Crippen molar-refractivity contribution >= 4 is 10.0 Å². The maximum Gasteiger partial charge on any atom is 0.274 e. The van der Waals surface area contributed by atoms with Gasteiger partial charge in [-0.05, 0) is 43.9 Å². The molecule has 0 aromatic carbocycles. The Hall–Kier alpha value is -0.850. The quantitative estimate of drug-likeness (QED) is 0.866. The zero-order valence-electron chi connectivity index (χ0n) is 11.7. The van der Waals surface area contributed by atoms with Crippen molar-refractivity contribution in [3.05, 3.63) is 17.9 Å². The summed E-state index contributed by atoms with van der Waals surface area (Å²) in [5.41, 5.74) is 0.216. The van der Waals surface area contributed by atoms with Crippen molar-refractivity contribution in [1.29, 1.82) is 0 Å². The summed E-state index contributed by atoms with van der Waals surface area (Å²) in [5.74, 6) is 0.620. The molecule has 0 spiro atoms. The number of hydrogen-bond acceptors (Lipinski definition) is 4. The van der Waals surface area contributed by atoms with Crippen LogP contribution in [0.1, 0.15) is 38.9 Å². The van der Waals surface area contributed by atoms with Crippen molar-refractivity contribution in [2.24, 2.45) is 5.41 Å². The van der Waals surface area contributed by atoms with E-state index in [2.05, 4.69) is 23.9 Å². The largest absolute Gasteiger partial charge is 0.447 e. The standard InChI is InChI=1S/C13H22N2O3S/c1-13(2)7-6-10(8-13)15-19(16,17)12-5-4-11(18-12)9-14-3/h4-5,10,14-15H,6-9H2,1-3H3. The van der Waals surface area contributed by atoms with Gasteiger partial charge in [0.2, 0.25) is 5.09 Å². The van der Waals surface area contributed by atoms with Crippen molar-refractivity contribution in [1.82, 2.24) is 10.0 Å². The van der Waals surface area contributed by atoms with Gasteiger partial charge in [0.25, 0.3) is 10.0 Å². The fourth-order valence-corrected chi connectivity index (χ4v) is 3.81. The summed E-state index contributed by atoms with van der Waals surface area (Å²) < 4.78 is 32.5. The third-order valence-electron chi connectivity index (χ3n) is 3.54. The van der Waals surface area contributed by atoms with E-state index in [1.165, 1.54) is 6.07 Å². The normalized spacial score (nSPS) is 22.8. The van der Waals surface area contributed by atoms with E-state index in [-0.39, 0.29) is 16.5 Å². The molecule has 0 bridgehead atoms. The lowest BCUT2D eigenvalue weighted by Gasteiger charge is -2.17. The van der Waals surface area contributed by atoms with Gasteiger partial charge in [0.15, 0.2) is 0 Å². The molecule has 2 rings (SSSR count).